The van der Waals surface area contributed by atoms with Crippen LogP contribution in [0.5, 0.6) is 0 Å². The number of rotatable bonds is 2. The van der Waals surface area contributed by atoms with Crippen molar-refractivity contribution in [2.24, 2.45) is 0 Å². The Morgan fingerprint density at radius 2 is 2.38 bits per heavy atom. The molecule has 1 fully saturated rings. The van der Waals surface area contributed by atoms with Gasteiger partial charge in [-0.1, -0.05) is 0 Å². The Labute approximate surface area is 94.1 Å². The maximum atomic E-state index is 12.0. The number of carbonyl (C=O) groups excluding carboxylic acids is 1. The molecule has 1 saturated heterocycles. The Morgan fingerprint density at radius 3 is 3.00 bits per heavy atom. The third kappa shape index (κ3) is 2.04. The molecule has 1 aliphatic heterocycles. The molecule has 1 amide bonds. The number of hydrogen-bond acceptors (Lipinski definition) is 4. The number of likely N-dealkylation sites (tertiary alicyclic amines) is 1. The van der Waals surface area contributed by atoms with Gasteiger partial charge in [0, 0.05) is 12.7 Å². The van der Waals surface area contributed by atoms with Crippen LogP contribution in [0.15, 0.2) is 12.4 Å². The maximum Gasteiger partial charge on any atom is 0.274 e. The molecule has 1 aliphatic rings. The third-order valence-electron chi connectivity index (χ3n) is 2.85. The van der Waals surface area contributed by atoms with Gasteiger partial charge in [-0.25, -0.2) is 4.98 Å². The second kappa shape index (κ2) is 4.57. The first-order valence-corrected chi connectivity index (χ1v) is 5.43. The summed E-state index contributed by atoms with van der Waals surface area (Å²) in [6.45, 7) is 2.54. The summed E-state index contributed by atoms with van der Waals surface area (Å²) in [5.41, 5.74) is 1.14. The molecule has 1 N–H and O–H groups in total. The first-order valence-electron chi connectivity index (χ1n) is 5.43. The summed E-state index contributed by atoms with van der Waals surface area (Å²) in [7, 11) is 0. The zero-order chi connectivity index (χ0) is 11.5. The second-order valence-electron chi connectivity index (χ2n) is 4.02. The van der Waals surface area contributed by atoms with Gasteiger partial charge in [0.25, 0.3) is 5.91 Å². The molecule has 0 bridgehead atoms. The summed E-state index contributed by atoms with van der Waals surface area (Å²) in [5, 5.41) is 9.15. The largest absolute Gasteiger partial charge is 0.394 e. The van der Waals surface area contributed by atoms with E-state index in [-0.39, 0.29) is 18.6 Å². The number of aromatic nitrogens is 2. The van der Waals surface area contributed by atoms with Crippen LogP contribution < -0.4 is 0 Å². The van der Waals surface area contributed by atoms with Crippen LogP contribution in [0, 0.1) is 6.92 Å². The highest BCUT2D eigenvalue weighted by molar-refractivity contribution is 5.92. The fraction of sp³-hybridized carbons (Fsp3) is 0.545. The van der Waals surface area contributed by atoms with Crippen molar-refractivity contribution in [1.82, 2.24) is 14.9 Å². The molecule has 0 unspecified atom stereocenters. The Balaban J connectivity index is 2.15. The highest BCUT2D eigenvalue weighted by atomic mass is 16.3. The second-order valence-corrected chi connectivity index (χ2v) is 4.02. The van der Waals surface area contributed by atoms with E-state index in [9.17, 15) is 4.79 Å². The summed E-state index contributed by atoms with van der Waals surface area (Å²) < 4.78 is 0. The van der Waals surface area contributed by atoms with Gasteiger partial charge < -0.3 is 10.0 Å². The minimum atomic E-state index is -0.135. The number of amides is 1. The van der Waals surface area contributed by atoms with Crippen molar-refractivity contribution >= 4 is 5.91 Å². The zero-order valence-electron chi connectivity index (χ0n) is 9.26. The predicted molar refractivity (Wildman–Crippen MR) is 57.9 cm³/mol. The van der Waals surface area contributed by atoms with Crippen LogP contribution in [0.3, 0.4) is 0 Å². The quantitative estimate of drug-likeness (QED) is 0.784. The molecule has 0 aromatic carbocycles. The van der Waals surface area contributed by atoms with Crippen molar-refractivity contribution < 1.29 is 9.90 Å². The average Bonchev–Trinajstić information content (AvgIpc) is 2.77. The fourth-order valence-electron chi connectivity index (χ4n) is 1.94. The number of nitrogens with zero attached hydrogens (tertiary/aromatic N) is 3. The van der Waals surface area contributed by atoms with Crippen LogP contribution >= 0.6 is 0 Å². The van der Waals surface area contributed by atoms with Gasteiger partial charge >= 0.3 is 0 Å². The molecule has 2 heterocycles. The van der Waals surface area contributed by atoms with Crippen LogP contribution in [0.4, 0.5) is 0 Å². The highest BCUT2D eigenvalue weighted by Crippen LogP contribution is 2.18. The highest BCUT2D eigenvalue weighted by Gasteiger charge is 2.29. The summed E-state index contributed by atoms with van der Waals surface area (Å²) in [6.07, 6.45) is 4.87. The fourth-order valence-corrected chi connectivity index (χ4v) is 1.94. The van der Waals surface area contributed by atoms with Gasteiger partial charge in [0.15, 0.2) is 0 Å². The van der Waals surface area contributed by atoms with E-state index in [4.69, 9.17) is 5.11 Å². The van der Waals surface area contributed by atoms with Gasteiger partial charge in [0.1, 0.15) is 5.69 Å². The van der Waals surface area contributed by atoms with E-state index in [1.165, 1.54) is 6.20 Å². The summed E-state index contributed by atoms with van der Waals surface area (Å²) in [6, 6.07) is -0.0596. The molecule has 0 spiro atoms. The Kier molecular flexibility index (Phi) is 3.14. The van der Waals surface area contributed by atoms with E-state index >= 15 is 0 Å². The third-order valence-corrected chi connectivity index (χ3v) is 2.85. The number of aliphatic hydroxyl groups excluding tert-OH is 1. The molecule has 16 heavy (non-hydrogen) atoms. The Hall–Kier alpha value is -1.49. The van der Waals surface area contributed by atoms with Crippen LogP contribution in [0.2, 0.25) is 0 Å². The summed E-state index contributed by atoms with van der Waals surface area (Å²) in [5.74, 6) is -0.135. The first kappa shape index (κ1) is 11.0. The van der Waals surface area contributed by atoms with Gasteiger partial charge in [0.05, 0.1) is 24.5 Å². The van der Waals surface area contributed by atoms with Crippen molar-refractivity contribution in [2.75, 3.05) is 13.2 Å². The van der Waals surface area contributed by atoms with E-state index < -0.39 is 0 Å². The van der Waals surface area contributed by atoms with Gasteiger partial charge in [-0.2, -0.15) is 0 Å². The minimum absolute atomic E-state index is 0.0189. The van der Waals surface area contributed by atoms with Crippen LogP contribution in [-0.4, -0.2) is 45.1 Å². The number of aliphatic hydroxyl groups is 1. The lowest BCUT2D eigenvalue weighted by molar-refractivity contribution is 0.0671. The molecule has 0 radical (unpaired) electrons. The number of hydrogen-bond donors (Lipinski definition) is 1. The topological polar surface area (TPSA) is 66.3 Å². The van der Waals surface area contributed by atoms with Gasteiger partial charge in [-0.3, -0.25) is 9.78 Å². The van der Waals surface area contributed by atoms with Gasteiger partial charge in [-0.15, -0.1) is 0 Å². The molecular formula is C11H15N3O2. The predicted octanol–water partition coefficient (Wildman–Crippen LogP) is 0.382. The molecule has 0 aliphatic carbocycles. The molecule has 2 rings (SSSR count). The van der Waals surface area contributed by atoms with Crippen molar-refractivity contribution in [2.45, 2.75) is 25.8 Å². The minimum Gasteiger partial charge on any atom is -0.394 e. The summed E-state index contributed by atoms with van der Waals surface area (Å²) >= 11 is 0. The average molecular weight is 221 g/mol. The number of aryl methyl sites for hydroxylation is 1. The lowest BCUT2D eigenvalue weighted by Crippen LogP contribution is -2.38. The van der Waals surface area contributed by atoms with Crippen molar-refractivity contribution in [3.05, 3.63) is 23.8 Å². The van der Waals surface area contributed by atoms with E-state index in [0.717, 1.165) is 18.5 Å². The van der Waals surface area contributed by atoms with Crippen molar-refractivity contribution in [1.29, 1.82) is 0 Å². The molecule has 5 nitrogen and oxygen atoms in total. The normalized spacial score (nSPS) is 20.1. The first-order chi connectivity index (χ1) is 7.72. The maximum absolute atomic E-state index is 12.0. The Morgan fingerprint density at radius 1 is 1.56 bits per heavy atom. The molecule has 0 saturated carbocycles. The molecule has 86 valence electrons. The summed E-state index contributed by atoms with van der Waals surface area (Å²) in [4.78, 5) is 21.8. The van der Waals surface area contributed by atoms with E-state index in [0.29, 0.717) is 12.2 Å². The van der Waals surface area contributed by atoms with Gasteiger partial charge in [-0.05, 0) is 19.8 Å². The Bertz CT molecular complexity index is 377. The molecule has 1 aromatic rings. The van der Waals surface area contributed by atoms with Crippen LogP contribution in [-0.2, 0) is 0 Å². The smallest absolute Gasteiger partial charge is 0.274 e. The lowest BCUT2D eigenvalue weighted by Gasteiger charge is -2.22. The molecule has 5 heteroatoms. The van der Waals surface area contributed by atoms with Crippen LogP contribution in [0.1, 0.15) is 29.0 Å². The van der Waals surface area contributed by atoms with Crippen molar-refractivity contribution in [3.63, 3.8) is 0 Å². The standard InChI is InChI=1S/C11H15N3O2/c1-8-5-13-10(6-12-8)11(16)14-4-2-3-9(14)7-15/h5-6,9,15H,2-4,7H2,1H3/t9-/m1/s1. The molecule has 1 atom stereocenters. The zero-order valence-corrected chi connectivity index (χ0v) is 9.26. The van der Waals surface area contributed by atoms with Gasteiger partial charge in [0.2, 0.25) is 0 Å². The van der Waals surface area contributed by atoms with Crippen LogP contribution in [0.25, 0.3) is 0 Å². The lowest BCUT2D eigenvalue weighted by atomic mass is 10.2. The molecule has 1 aromatic heterocycles. The van der Waals surface area contributed by atoms with E-state index in [1.54, 1.807) is 11.1 Å². The van der Waals surface area contributed by atoms with E-state index in [2.05, 4.69) is 9.97 Å². The monoisotopic (exact) mass is 221 g/mol. The molecular weight excluding hydrogens is 206 g/mol. The SMILES string of the molecule is Cc1cnc(C(=O)N2CCC[C@@H]2CO)cn1. The van der Waals surface area contributed by atoms with Crippen molar-refractivity contribution in [3.8, 4) is 0 Å². The number of carbonyl (C=O) groups is 1. The van der Waals surface area contributed by atoms with E-state index in [1.807, 2.05) is 6.92 Å².